The number of morpholine rings is 1. The van der Waals surface area contributed by atoms with Crippen molar-refractivity contribution >= 4 is 0 Å². The van der Waals surface area contributed by atoms with Gasteiger partial charge in [-0.25, -0.2) is 4.68 Å². The fourth-order valence-corrected chi connectivity index (χ4v) is 3.52. The van der Waals surface area contributed by atoms with Crippen LogP contribution in [0, 0.1) is 13.8 Å². The Hall–Kier alpha value is -2.58. The first-order valence-corrected chi connectivity index (χ1v) is 8.82. The van der Waals surface area contributed by atoms with Crippen LogP contribution >= 0.6 is 0 Å². The molecule has 3 aromatic rings. The van der Waals surface area contributed by atoms with Gasteiger partial charge < -0.3 is 4.74 Å². The number of H-pyrrole nitrogens is 1. The van der Waals surface area contributed by atoms with Crippen molar-refractivity contribution in [3.05, 3.63) is 58.9 Å². The molecule has 0 amide bonds. The molecule has 1 N–H and O–H groups in total. The number of pyridine rings is 1. The van der Waals surface area contributed by atoms with E-state index in [2.05, 4.69) is 37.3 Å². The summed E-state index contributed by atoms with van der Waals surface area (Å²) in [6, 6.07) is 4.16. The monoisotopic (exact) mass is 353 g/mol. The fraction of sp³-hybridized carbons (Fsp3) is 0.444. The molecule has 0 bridgehead atoms. The van der Waals surface area contributed by atoms with Gasteiger partial charge in [0.2, 0.25) is 0 Å². The lowest BCUT2D eigenvalue weighted by Crippen LogP contribution is -2.39. The topological polar surface area (TPSA) is 84.8 Å². The van der Waals surface area contributed by atoms with Gasteiger partial charge in [0, 0.05) is 36.7 Å². The average molecular weight is 353 g/mol. The standard InChI is InChI=1S/C18H23N7O/c1-13-18(14(2)21-20-13)17-12-26-7-6-24(17)10-16-11-25(23-22-16)9-15-4-3-5-19-8-15/h3-5,8,11,17H,6-7,9-10,12H2,1-2H3,(H,20,21). The number of rotatable bonds is 5. The molecule has 4 rings (SSSR count). The first kappa shape index (κ1) is 16.9. The van der Waals surface area contributed by atoms with Gasteiger partial charge in [0.1, 0.15) is 0 Å². The number of aromatic amines is 1. The molecule has 8 nitrogen and oxygen atoms in total. The molecule has 26 heavy (non-hydrogen) atoms. The Bertz CT molecular complexity index is 838. The van der Waals surface area contributed by atoms with E-state index in [1.54, 1.807) is 6.20 Å². The van der Waals surface area contributed by atoms with Crippen molar-refractivity contribution < 1.29 is 4.74 Å². The van der Waals surface area contributed by atoms with Crippen molar-refractivity contribution in [3.63, 3.8) is 0 Å². The Morgan fingerprint density at radius 3 is 3.00 bits per heavy atom. The van der Waals surface area contributed by atoms with Crippen molar-refractivity contribution in [1.82, 2.24) is 35.1 Å². The lowest BCUT2D eigenvalue weighted by molar-refractivity contribution is -0.0137. The minimum absolute atomic E-state index is 0.186. The van der Waals surface area contributed by atoms with Gasteiger partial charge in [0.15, 0.2) is 0 Å². The van der Waals surface area contributed by atoms with E-state index in [1.807, 2.05) is 36.1 Å². The zero-order chi connectivity index (χ0) is 17.9. The molecule has 1 unspecified atom stereocenters. The Morgan fingerprint density at radius 1 is 1.31 bits per heavy atom. The van der Waals surface area contributed by atoms with Gasteiger partial charge >= 0.3 is 0 Å². The average Bonchev–Trinajstić information content (AvgIpc) is 3.23. The molecule has 1 aliphatic rings. The summed E-state index contributed by atoms with van der Waals surface area (Å²) in [4.78, 5) is 6.54. The summed E-state index contributed by atoms with van der Waals surface area (Å²) in [5.74, 6) is 0. The minimum atomic E-state index is 0.186. The lowest BCUT2D eigenvalue weighted by Gasteiger charge is -2.35. The second kappa shape index (κ2) is 7.35. The summed E-state index contributed by atoms with van der Waals surface area (Å²) >= 11 is 0. The van der Waals surface area contributed by atoms with Crippen LogP contribution in [0.1, 0.15) is 34.3 Å². The third-order valence-electron chi connectivity index (χ3n) is 4.78. The van der Waals surface area contributed by atoms with E-state index in [9.17, 15) is 0 Å². The van der Waals surface area contributed by atoms with E-state index in [0.717, 1.165) is 42.3 Å². The van der Waals surface area contributed by atoms with Gasteiger partial charge in [-0.1, -0.05) is 11.3 Å². The molecule has 4 heterocycles. The molecule has 8 heteroatoms. The molecule has 1 atom stereocenters. The normalized spacial score (nSPS) is 18.3. The molecule has 3 aromatic heterocycles. The lowest BCUT2D eigenvalue weighted by atomic mass is 10.0. The summed E-state index contributed by atoms with van der Waals surface area (Å²) in [6.45, 7) is 7.78. The zero-order valence-electron chi connectivity index (χ0n) is 15.1. The van der Waals surface area contributed by atoms with Crippen LogP contribution in [0.4, 0.5) is 0 Å². The van der Waals surface area contributed by atoms with Crippen LogP contribution in [-0.2, 0) is 17.8 Å². The molecular weight excluding hydrogens is 330 g/mol. The van der Waals surface area contributed by atoms with E-state index < -0.39 is 0 Å². The van der Waals surface area contributed by atoms with Crippen LogP contribution < -0.4 is 0 Å². The maximum Gasteiger partial charge on any atom is 0.0967 e. The number of nitrogens with zero attached hydrogens (tertiary/aromatic N) is 6. The number of hydrogen-bond acceptors (Lipinski definition) is 6. The molecule has 136 valence electrons. The number of nitrogens with one attached hydrogen (secondary N) is 1. The Balaban J connectivity index is 1.49. The second-order valence-corrected chi connectivity index (χ2v) is 6.68. The summed E-state index contributed by atoms with van der Waals surface area (Å²) in [5, 5.41) is 16.0. The maximum absolute atomic E-state index is 5.74. The highest BCUT2D eigenvalue weighted by atomic mass is 16.5. The van der Waals surface area contributed by atoms with Crippen LogP contribution in [0.3, 0.4) is 0 Å². The predicted octanol–water partition coefficient (Wildman–Crippen LogP) is 1.63. The van der Waals surface area contributed by atoms with E-state index >= 15 is 0 Å². The smallest absolute Gasteiger partial charge is 0.0967 e. The summed E-state index contributed by atoms with van der Waals surface area (Å²) in [5.41, 5.74) is 5.43. The molecular formula is C18H23N7O. The Labute approximate surface area is 152 Å². The van der Waals surface area contributed by atoms with E-state index in [-0.39, 0.29) is 6.04 Å². The largest absolute Gasteiger partial charge is 0.378 e. The van der Waals surface area contributed by atoms with Crippen molar-refractivity contribution in [2.75, 3.05) is 19.8 Å². The van der Waals surface area contributed by atoms with Gasteiger partial charge in [-0.2, -0.15) is 5.10 Å². The third-order valence-corrected chi connectivity index (χ3v) is 4.78. The molecule has 0 saturated carbocycles. The molecule has 1 fully saturated rings. The minimum Gasteiger partial charge on any atom is -0.378 e. The van der Waals surface area contributed by atoms with E-state index in [4.69, 9.17) is 4.74 Å². The Morgan fingerprint density at radius 2 is 2.23 bits per heavy atom. The number of hydrogen-bond donors (Lipinski definition) is 1. The van der Waals surface area contributed by atoms with Gasteiger partial charge in [0.05, 0.1) is 43.4 Å². The van der Waals surface area contributed by atoms with Crippen LogP contribution in [0.5, 0.6) is 0 Å². The maximum atomic E-state index is 5.74. The summed E-state index contributed by atoms with van der Waals surface area (Å²) < 4.78 is 7.59. The van der Waals surface area contributed by atoms with Crippen molar-refractivity contribution in [2.45, 2.75) is 33.0 Å². The van der Waals surface area contributed by atoms with Crippen LogP contribution in [0.25, 0.3) is 0 Å². The van der Waals surface area contributed by atoms with Gasteiger partial charge in [-0.05, 0) is 25.5 Å². The quantitative estimate of drug-likeness (QED) is 0.750. The van der Waals surface area contributed by atoms with Crippen LogP contribution in [0.15, 0.2) is 30.7 Å². The number of aryl methyl sites for hydroxylation is 2. The van der Waals surface area contributed by atoms with E-state index in [0.29, 0.717) is 13.2 Å². The highest BCUT2D eigenvalue weighted by Gasteiger charge is 2.29. The molecule has 0 aromatic carbocycles. The molecule has 0 radical (unpaired) electrons. The fourth-order valence-electron chi connectivity index (χ4n) is 3.52. The van der Waals surface area contributed by atoms with E-state index in [1.165, 1.54) is 5.56 Å². The molecule has 1 saturated heterocycles. The summed E-state index contributed by atoms with van der Waals surface area (Å²) in [7, 11) is 0. The third kappa shape index (κ3) is 3.51. The number of ether oxygens (including phenoxy) is 1. The highest BCUT2D eigenvalue weighted by Crippen LogP contribution is 2.29. The molecule has 0 aliphatic carbocycles. The SMILES string of the molecule is Cc1n[nH]c(C)c1C1COCCN1Cc1cn(Cc2cccnc2)nn1. The number of aromatic nitrogens is 6. The van der Waals surface area contributed by atoms with Gasteiger partial charge in [0.25, 0.3) is 0 Å². The van der Waals surface area contributed by atoms with Crippen LogP contribution in [-0.4, -0.2) is 54.8 Å². The van der Waals surface area contributed by atoms with Crippen molar-refractivity contribution in [3.8, 4) is 0 Å². The zero-order valence-corrected chi connectivity index (χ0v) is 15.1. The summed E-state index contributed by atoms with van der Waals surface area (Å²) in [6.07, 6.45) is 5.63. The molecule has 1 aliphatic heterocycles. The van der Waals surface area contributed by atoms with Crippen LogP contribution in [0.2, 0.25) is 0 Å². The molecule has 0 spiro atoms. The Kier molecular flexibility index (Phi) is 4.77. The van der Waals surface area contributed by atoms with Gasteiger partial charge in [-0.15, -0.1) is 5.10 Å². The highest BCUT2D eigenvalue weighted by molar-refractivity contribution is 5.28. The van der Waals surface area contributed by atoms with Crippen molar-refractivity contribution in [1.29, 1.82) is 0 Å². The second-order valence-electron chi connectivity index (χ2n) is 6.68. The first-order valence-electron chi connectivity index (χ1n) is 8.82. The first-order chi connectivity index (χ1) is 12.7. The predicted molar refractivity (Wildman–Crippen MR) is 95.4 cm³/mol. The van der Waals surface area contributed by atoms with Gasteiger partial charge in [-0.3, -0.25) is 15.0 Å². The van der Waals surface area contributed by atoms with Crippen molar-refractivity contribution in [2.24, 2.45) is 0 Å².